The van der Waals surface area contributed by atoms with Crippen molar-refractivity contribution in [3.63, 3.8) is 0 Å². The van der Waals surface area contributed by atoms with Gasteiger partial charge in [0.1, 0.15) is 0 Å². The molecule has 1 atom stereocenters. The Bertz CT molecular complexity index is 602. The Morgan fingerprint density at radius 3 is 2.82 bits per heavy atom. The number of nitrogens with zero attached hydrogens (tertiary/aromatic N) is 2. The van der Waals surface area contributed by atoms with Crippen LogP contribution < -0.4 is 10.6 Å². The average Bonchev–Trinajstić information content (AvgIpc) is 3.25. The molecule has 0 spiro atoms. The second kappa shape index (κ2) is 12.0. The first-order chi connectivity index (χ1) is 13.8. The van der Waals surface area contributed by atoms with Gasteiger partial charge in [0, 0.05) is 53.0 Å². The van der Waals surface area contributed by atoms with Crippen molar-refractivity contribution in [3.8, 4) is 0 Å². The molecule has 0 radical (unpaired) electrons. The van der Waals surface area contributed by atoms with Gasteiger partial charge >= 0.3 is 0 Å². The molecule has 0 saturated carbocycles. The number of rotatable bonds is 10. The molecule has 6 heteroatoms. The first-order valence-electron chi connectivity index (χ1n) is 10.8. The van der Waals surface area contributed by atoms with Crippen LogP contribution in [0.3, 0.4) is 0 Å². The van der Waals surface area contributed by atoms with Crippen LogP contribution in [-0.2, 0) is 22.4 Å². The predicted molar refractivity (Wildman–Crippen MR) is 114 cm³/mol. The highest BCUT2D eigenvalue weighted by atomic mass is 16.5. The number of hydrogen-bond acceptors (Lipinski definition) is 4. The molecule has 1 aromatic carbocycles. The number of aliphatic imine (C=N–C) groups is 1. The Labute approximate surface area is 169 Å². The number of fused-ring (bicyclic) bond motifs is 1. The Hall–Kier alpha value is -1.63. The topological polar surface area (TPSA) is 58.1 Å². The molecule has 1 unspecified atom stereocenters. The van der Waals surface area contributed by atoms with Crippen LogP contribution in [-0.4, -0.2) is 70.0 Å². The summed E-state index contributed by atoms with van der Waals surface area (Å²) in [5.41, 5.74) is 3.00. The van der Waals surface area contributed by atoms with Gasteiger partial charge in [0.25, 0.3) is 0 Å². The lowest BCUT2D eigenvalue weighted by Gasteiger charge is -2.28. The van der Waals surface area contributed by atoms with Crippen LogP contribution in [0.5, 0.6) is 0 Å². The molecular weight excluding hydrogens is 352 g/mol. The summed E-state index contributed by atoms with van der Waals surface area (Å²) in [5.74, 6) is 0.878. The van der Waals surface area contributed by atoms with Crippen LogP contribution in [0.1, 0.15) is 36.8 Å². The van der Waals surface area contributed by atoms with E-state index in [1.54, 1.807) is 0 Å². The van der Waals surface area contributed by atoms with Crippen molar-refractivity contribution in [3.05, 3.63) is 35.4 Å². The van der Waals surface area contributed by atoms with Gasteiger partial charge < -0.3 is 20.1 Å². The van der Waals surface area contributed by atoms with Crippen molar-refractivity contribution < 1.29 is 9.47 Å². The lowest BCUT2D eigenvalue weighted by atomic mass is 10.00. The molecule has 3 rings (SSSR count). The van der Waals surface area contributed by atoms with Gasteiger partial charge in [-0.2, -0.15) is 0 Å². The first kappa shape index (κ1) is 21.1. The minimum atomic E-state index is 0.316. The monoisotopic (exact) mass is 388 g/mol. The van der Waals surface area contributed by atoms with Gasteiger partial charge in [-0.1, -0.05) is 24.3 Å². The Morgan fingerprint density at radius 2 is 2.04 bits per heavy atom. The molecular formula is C22H36N4O2. The van der Waals surface area contributed by atoms with E-state index < -0.39 is 0 Å². The number of ether oxygens (including phenoxy) is 2. The van der Waals surface area contributed by atoms with Crippen molar-refractivity contribution >= 4 is 5.96 Å². The summed E-state index contributed by atoms with van der Waals surface area (Å²) in [5, 5.41) is 6.78. The molecule has 2 aliphatic heterocycles. The van der Waals surface area contributed by atoms with Crippen molar-refractivity contribution in [2.75, 3.05) is 53.0 Å². The second-order valence-corrected chi connectivity index (χ2v) is 7.64. The first-order valence-corrected chi connectivity index (χ1v) is 10.8. The lowest BCUT2D eigenvalue weighted by Crippen LogP contribution is -2.40. The van der Waals surface area contributed by atoms with E-state index in [9.17, 15) is 0 Å². The largest absolute Gasteiger partial charge is 0.379 e. The zero-order chi connectivity index (χ0) is 19.4. The van der Waals surface area contributed by atoms with Crippen LogP contribution in [0.2, 0.25) is 0 Å². The minimum Gasteiger partial charge on any atom is -0.379 e. The van der Waals surface area contributed by atoms with E-state index in [0.717, 1.165) is 77.8 Å². The third kappa shape index (κ3) is 7.08. The van der Waals surface area contributed by atoms with E-state index in [-0.39, 0.29) is 0 Å². The predicted octanol–water partition coefficient (Wildman–Crippen LogP) is 2.19. The highest BCUT2D eigenvalue weighted by molar-refractivity contribution is 5.79. The van der Waals surface area contributed by atoms with Crippen LogP contribution in [0, 0.1) is 0 Å². The molecule has 6 nitrogen and oxygen atoms in total. The lowest BCUT2D eigenvalue weighted by molar-refractivity contribution is 0.0168. The summed E-state index contributed by atoms with van der Waals surface area (Å²) in [6.07, 6.45) is 5.88. The zero-order valence-electron chi connectivity index (χ0n) is 17.3. The Morgan fingerprint density at radius 1 is 1.21 bits per heavy atom. The summed E-state index contributed by atoms with van der Waals surface area (Å²) < 4.78 is 11.3. The Balaban J connectivity index is 1.20. The summed E-state index contributed by atoms with van der Waals surface area (Å²) in [7, 11) is 1.82. The van der Waals surface area contributed by atoms with Gasteiger partial charge in [-0.15, -0.1) is 0 Å². The number of benzene rings is 1. The van der Waals surface area contributed by atoms with Crippen molar-refractivity contribution in [2.45, 2.75) is 44.8 Å². The highest BCUT2D eigenvalue weighted by Crippen LogP contribution is 2.18. The molecule has 0 aliphatic carbocycles. The summed E-state index contributed by atoms with van der Waals surface area (Å²) >= 11 is 0. The van der Waals surface area contributed by atoms with Crippen LogP contribution in [0.4, 0.5) is 0 Å². The van der Waals surface area contributed by atoms with Crippen molar-refractivity contribution in [2.24, 2.45) is 4.99 Å². The van der Waals surface area contributed by atoms with E-state index in [1.807, 2.05) is 7.05 Å². The quantitative estimate of drug-likeness (QED) is 0.366. The molecule has 0 aromatic heterocycles. The molecule has 156 valence electrons. The highest BCUT2D eigenvalue weighted by Gasteiger charge is 2.15. The molecule has 1 fully saturated rings. The van der Waals surface area contributed by atoms with Gasteiger partial charge in [0.15, 0.2) is 5.96 Å². The number of guanidine groups is 1. The maximum absolute atomic E-state index is 5.69. The van der Waals surface area contributed by atoms with E-state index in [1.165, 1.54) is 24.0 Å². The van der Waals surface area contributed by atoms with E-state index >= 15 is 0 Å². The van der Waals surface area contributed by atoms with Crippen molar-refractivity contribution in [1.29, 1.82) is 0 Å². The molecule has 2 heterocycles. The summed E-state index contributed by atoms with van der Waals surface area (Å²) in [6.45, 7) is 7.55. The Kier molecular flexibility index (Phi) is 9.07. The maximum Gasteiger partial charge on any atom is 0.190 e. The fraction of sp³-hybridized carbons (Fsp3) is 0.682. The van der Waals surface area contributed by atoms with Crippen LogP contribution in [0.15, 0.2) is 29.3 Å². The molecule has 1 aromatic rings. The van der Waals surface area contributed by atoms with Crippen molar-refractivity contribution in [1.82, 2.24) is 15.5 Å². The fourth-order valence-corrected chi connectivity index (χ4v) is 3.85. The number of hydrogen-bond donors (Lipinski definition) is 2. The molecule has 1 saturated heterocycles. The smallest absolute Gasteiger partial charge is 0.190 e. The molecule has 2 aliphatic rings. The SMILES string of the molecule is CN=C(NCCCOCC1CCCO1)NCCCN1CCc2ccccc2C1. The molecule has 28 heavy (non-hydrogen) atoms. The van der Waals surface area contributed by atoms with Gasteiger partial charge in [0.2, 0.25) is 0 Å². The third-order valence-electron chi connectivity index (χ3n) is 5.46. The zero-order valence-corrected chi connectivity index (χ0v) is 17.3. The van der Waals surface area contributed by atoms with E-state index in [4.69, 9.17) is 9.47 Å². The van der Waals surface area contributed by atoms with Crippen LogP contribution >= 0.6 is 0 Å². The molecule has 0 bridgehead atoms. The number of nitrogens with one attached hydrogen (secondary N) is 2. The molecule has 2 N–H and O–H groups in total. The standard InChI is InChI=1S/C22H36N4O2/c1-23-22(25-12-6-15-27-18-21-9-4-16-28-21)24-11-5-13-26-14-10-19-7-2-3-8-20(19)17-26/h2-3,7-8,21H,4-6,9-18H2,1H3,(H2,23,24,25). The van der Waals surface area contributed by atoms with Crippen LogP contribution in [0.25, 0.3) is 0 Å². The average molecular weight is 389 g/mol. The summed E-state index contributed by atoms with van der Waals surface area (Å²) in [6, 6.07) is 8.81. The van der Waals surface area contributed by atoms with Gasteiger partial charge in [-0.25, -0.2) is 0 Å². The van der Waals surface area contributed by atoms with E-state index in [0.29, 0.717) is 6.10 Å². The third-order valence-corrected chi connectivity index (χ3v) is 5.46. The normalized spacial score (nSPS) is 20.2. The minimum absolute atomic E-state index is 0.316. The van der Waals surface area contributed by atoms with Gasteiger partial charge in [-0.05, 0) is 43.2 Å². The molecule has 0 amide bonds. The van der Waals surface area contributed by atoms with Gasteiger partial charge in [0.05, 0.1) is 12.7 Å². The van der Waals surface area contributed by atoms with E-state index in [2.05, 4.69) is 44.8 Å². The maximum atomic E-state index is 5.69. The second-order valence-electron chi connectivity index (χ2n) is 7.64. The van der Waals surface area contributed by atoms with Gasteiger partial charge in [-0.3, -0.25) is 9.89 Å². The fourth-order valence-electron chi connectivity index (χ4n) is 3.85. The summed E-state index contributed by atoms with van der Waals surface area (Å²) in [4.78, 5) is 6.85.